The second kappa shape index (κ2) is 72.7. The van der Waals surface area contributed by atoms with E-state index in [0.717, 1.165) is 0 Å². The minimum Gasteiger partial charge on any atom is -0.205 e. The second-order valence-electron chi connectivity index (χ2n) is 26.8. The zero-order valence-electron chi connectivity index (χ0n) is 59.8. The van der Waals surface area contributed by atoms with Crippen LogP contribution < -0.4 is 18.3 Å². The summed E-state index contributed by atoms with van der Waals surface area (Å²) in [6.07, 6.45) is 97.7. The smallest absolute Gasteiger partial charge is 0.168 e. The Hall–Kier alpha value is -3.40. The third-order valence-corrected chi connectivity index (χ3v) is 18.2. The summed E-state index contributed by atoms with van der Waals surface area (Å²) >= 11 is 0. The van der Waals surface area contributed by atoms with Gasteiger partial charge < -0.3 is 0 Å². The fraction of sp³-hybridized carbons (Fsp3) is 0.762. The van der Waals surface area contributed by atoms with E-state index < -0.39 is 0 Å². The molecule has 0 bridgehead atoms. The van der Waals surface area contributed by atoms with E-state index in [0.29, 0.717) is 0 Å². The maximum Gasteiger partial charge on any atom is 0.168 e. The normalized spacial score (nSPS) is 11.0. The van der Waals surface area contributed by atoms with Gasteiger partial charge in [-0.2, -0.15) is 0 Å². The van der Waals surface area contributed by atoms with Gasteiger partial charge in [0.1, 0.15) is 26.2 Å². The Morgan fingerprint density at radius 3 is 0.341 bits per heavy atom. The van der Waals surface area contributed by atoms with Crippen molar-refractivity contribution >= 4 is 0 Å². The number of aromatic nitrogens is 4. The van der Waals surface area contributed by atoms with E-state index in [2.05, 4.69) is 168 Å². The molecule has 0 atom stereocenters. The van der Waals surface area contributed by atoms with Gasteiger partial charge in [-0.15, -0.1) is 0 Å². The molecule has 0 fully saturated rings. The second-order valence-corrected chi connectivity index (χ2v) is 26.8. The molecule has 0 saturated heterocycles. The van der Waals surface area contributed by atoms with Gasteiger partial charge in [-0.25, -0.2) is 18.3 Å². The first kappa shape index (κ1) is 82.6. The van der Waals surface area contributed by atoms with Crippen molar-refractivity contribution in [1.29, 1.82) is 0 Å². The molecule has 0 N–H and O–H groups in total. The standard InChI is InChI=1S/4C21H38N/c4*1-2-3-4-5-6-7-8-9-10-11-12-13-14-16-19-22-20-17-15-18-21-22/h4*15,17-18,20-21H,2-14,16,19H2,1H3/q4*+1. The Morgan fingerprint density at radius 1 is 0.125 bits per heavy atom. The molecule has 0 unspecified atom stereocenters. The highest BCUT2D eigenvalue weighted by Gasteiger charge is 2.03. The van der Waals surface area contributed by atoms with Gasteiger partial charge in [0.25, 0.3) is 0 Å². The molecule has 0 aliphatic rings. The predicted molar refractivity (Wildman–Crippen MR) is 388 cm³/mol. The van der Waals surface area contributed by atoms with Gasteiger partial charge in [0.15, 0.2) is 49.6 Å². The maximum absolute atomic E-state index is 2.29. The molecule has 0 aliphatic heterocycles. The van der Waals surface area contributed by atoms with Gasteiger partial charge in [0.2, 0.25) is 0 Å². The SMILES string of the molecule is CCCCCCCCCCCCCCCC[n+]1ccccc1.CCCCCCCCCCCCCCCC[n+]1ccccc1.CCCCCCCCCCCCCCCC[n+]1ccccc1.CCCCCCCCCCCCCCCC[n+]1ccccc1. The van der Waals surface area contributed by atoms with Crippen molar-refractivity contribution in [3.63, 3.8) is 0 Å². The molecule has 4 rings (SSSR count). The summed E-state index contributed by atoms with van der Waals surface area (Å²) < 4.78 is 9.17. The van der Waals surface area contributed by atoms with E-state index in [1.165, 1.54) is 386 Å². The zero-order valence-corrected chi connectivity index (χ0v) is 59.8. The number of hydrogen-bond donors (Lipinski definition) is 0. The molecular formula is C84H152N4+4. The zero-order chi connectivity index (χ0) is 62.9. The van der Waals surface area contributed by atoms with Crippen LogP contribution in [0.1, 0.15) is 387 Å². The predicted octanol–water partition coefficient (Wildman–Crippen LogP) is 25.8. The minimum atomic E-state index is 1.18. The lowest BCUT2D eigenvalue weighted by Crippen LogP contribution is -2.32. The quantitative estimate of drug-likeness (QED) is 0.0309. The first-order valence-corrected chi connectivity index (χ1v) is 39.5. The Kier molecular flexibility index (Phi) is 68.2. The molecular weight excluding hydrogens is 1060 g/mol. The van der Waals surface area contributed by atoms with E-state index >= 15 is 0 Å². The lowest BCUT2D eigenvalue weighted by Gasteiger charge is -2.02. The molecule has 0 aliphatic carbocycles. The molecule has 504 valence electrons. The Labute approximate surface area is 551 Å². The van der Waals surface area contributed by atoms with E-state index in [9.17, 15) is 0 Å². The third kappa shape index (κ3) is 64.1. The van der Waals surface area contributed by atoms with Crippen LogP contribution in [0.5, 0.6) is 0 Å². The first-order valence-electron chi connectivity index (χ1n) is 39.5. The van der Waals surface area contributed by atoms with Crippen molar-refractivity contribution in [2.45, 2.75) is 413 Å². The van der Waals surface area contributed by atoms with Crippen molar-refractivity contribution in [1.82, 2.24) is 0 Å². The fourth-order valence-corrected chi connectivity index (χ4v) is 12.3. The minimum absolute atomic E-state index is 1.18. The number of unbranched alkanes of at least 4 members (excludes halogenated alkanes) is 52. The first-order chi connectivity index (χ1) is 43.7. The van der Waals surface area contributed by atoms with Crippen LogP contribution in [0.2, 0.25) is 0 Å². The van der Waals surface area contributed by atoms with Crippen molar-refractivity contribution in [3.8, 4) is 0 Å². The molecule has 0 aromatic carbocycles. The summed E-state index contributed by atoms with van der Waals surface area (Å²) in [7, 11) is 0. The summed E-state index contributed by atoms with van der Waals surface area (Å²) in [5, 5.41) is 0. The van der Waals surface area contributed by atoms with E-state index in [4.69, 9.17) is 0 Å². The summed E-state index contributed by atoms with van der Waals surface area (Å²) in [5.41, 5.74) is 0. The average Bonchev–Trinajstić information content (AvgIpc) is 3.57. The summed E-state index contributed by atoms with van der Waals surface area (Å²) in [6.45, 7) is 13.9. The summed E-state index contributed by atoms with van der Waals surface area (Å²) in [5.74, 6) is 0. The fourth-order valence-electron chi connectivity index (χ4n) is 12.3. The van der Waals surface area contributed by atoms with Gasteiger partial charge in [0.05, 0.1) is 0 Å². The summed E-state index contributed by atoms with van der Waals surface area (Å²) in [6, 6.07) is 25.3. The van der Waals surface area contributed by atoms with Gasteiger partial charge in [-0.1, -0.05) is 360 Å². The molecule has 4 heteroatoms. The molecule has 4 heterocycles. The molecule has 0 amide bonds. The number of aryl methyl sites for hydroxylation is 4. The van der Waals surface area contributed by atoms with Gasteiger partial charge in [-0.05, 0) is 25.7 Å². The van der Waals surface area contributed by atoms with Crippen molar-refractivity contribution in [2.75, 3.05) is 0 Å². The number of rotatable bonds is 60. The highest BCUT2D eigenvalue weighted by Crippen LogP contribution is 2.17. The van der Waals surface area contributed by atoms with Crippen LogP contribution in [0.25, 0.3) is 0 Å². The molecule has 0 spiro atoms. The van der Waals surface area contributed by atoms with Crippen LogP contribution >= 0.6 is 0 Å². The Balaban J connectivity index is 0.000000587. The van der Waals surface area contributed by atoms with Crippen LogP contribution in [0.4, 0.5) is 0 Å². The van der Waals surface area contributed by atoms with Crippen LogP contribution in [0, 0.1) is 0 Å². The Morgan fingerprint density at radius 2 is 0.227 bits per heavy atom. The molecule has 0 saturated carbocycles. The largest absolute Gasteiger partial charge is 0.205 e. The molecule has 4 aromatic heterocycles. The van der Waals surface area contributed by atoms with E-state index in [1.807, 2.05) is 0 Å². The third-order valence-electron chi connectivity index (χ3n) is 18.2. The van der Waals surface area contributed by atoms with Gasteiger partial charge >= 0.3 is 0 Å². The van der Waals surface area contributed by atoms with Crippen LogP contribution in [0.3, 0.4) is 0 Å². The summed E-state index contributed by atoms with van der Waals surface area (Å²) in [4.78, 5) is 0. The average molecular weight is 1220 g/mol. The number of nitrogens with zero attached hydrogens (tertiary/aromatic N) is 4. The van der Waals surface area contributed by atoms with E-state index in [-0.39, 0.29) is 0 Å². The van der Waals surface area contributed by atoms with E-state index in [1.54, 1.807) is 0 Å². The van der Waals surface area contributed by atoms with Crippen molar-refractivity contribution in [2.24, 2.45) is 0 Å². The monoisotopic (exact) mass is 1220 g/mol. The highest BCUT2D eigenvalue weighted by molar-refractivity contribution is 4.85. The van der Waals surface area contributed by atoms with Crippen LogP contribution in [-0.2, 0) is 26.2 Å². The lowest BCUT2D eigenvalue weighted by molar-refractivity contribution is -0.697. The Bertz CT molecular complexity index is 1550. The van der Waals surface area contributed by atoms with Crippen LogP contribution in [0.15, 0.2) is 122 Å². The molecule has 0 radical (unpaired) electrons. The van der Waals surface area contributed by atoms with Gasteiger partial charge in [-0.3, -0.25) is 0 Å². The molecule has 4 aromatic rings. The number of pyridine rings is 4. The lowest BCUT2D eigenvalue weighted by atomic mass is 10.0. The van der Waals surface area contributed by atoms with Crippen molar-refractivity contribution in [3.05, 3.63) is 122 Å². The molecule has 88 heavy (non-hydrogen) atoms. The van der Waals surface area contributed by atoms with Gasteiger partial charge in [0, 0.05) is 74.2 Å². The highest BCUT2D eigenvalue weighted by atomic mass is 14.9. The number of hydrogen-bond acceptors (Lipinski definition) is 0. The van der Waals surface area contributed by atoms with Crippen molar-refractivity contribution < 1.29 is 18.3 Å². The van der Waals surface area contributed by atoms with Crippen LogP contribution in [-0.4, -0.2) is 0 Å². The topological polar surface area (TPSA) is 15.5 Å². The molecule has 4 nitrogen and oxygen atoms in total. The maximum atomic E-state index is 2.29.